The Morgan fingerprint density at radius 1 is 1.13 bits per heavy atom. The van der Waals surface area contributed by atoms with E-state index in [9.17, 15) is 9.18 Å². The lowest BCUT2D eigenvalue weighted by atomic mass is 10.3. The molecule has 0 radical (unpaired) electrons. The van der Waals surface area contributed by atoms with Gasteiger partial charge in [0, 0.05) is 0 Å². The van der Waals surface area contributed by atoms with Crippen LogP contribution >= 0.6 is 11.8 Å². The number of para-hydroxylation sites is 2. The highest BCUT2D eigenvalue weighted by atomic mass is 32.2. The van der Waals surface area contributed by atoms with Crippen LogP contribution in [0.4, 0.5) is 4.39 Å². The van der Waals surface area contributed by atoms with Gasteiger partial charge in [-0.25, -0.2) is 9.07 Å². The van der Waals surface area contributed by atoms with E-state index in [1.54, 1.807) is 19.2 Å². The standard InChI is InChI=1S/C20H22FN5O4S/c1-28-16-4-2-3-5-17(16)29-11-10-23-19(27)13-31-20-25-24-18(26(20)22)12-30-15-8-6-14(21)7-9-15/h2-9H,10-13,22H2,1H3,(H,23,27). The van der Waals surface area contributed by atoms with Crippen molar-refractivity contribution < 1.29 is 23.4 Å². The second-order valence-electron chi connectivity index (χ2n) is 6.15. The van der Waals surface area contributed by atoms with Crippen LogP contribution in [0.25, 0.3) is 0 Å². The van der Waals surface area contributed by atoms with E-state index in [1.165, 1.54) is 28.9 Å². The first-order valence-electron chi connectivity index (χ1n) is 9.30. The lowest BCUT2D eigenvalue weighted by molar-refractivity contribution is -0.118. The molecule has 164 valence electrons. The summed E-state index contributed by atoms with van der Waals surface area (Å²) >= 11 is 1.15. The van der Waals surface area contributed by atoms with Gasteiger partial charge in [0.15, 0.2) is 17.3 Å². The molecular weight excluding hydrogens is 425 g/mol. The topological polar surface area (TPSA) is 114 Å². The van der Waals surface area contributed by atoms with Crippen LogP contribution in [0.3, 0.4) is 0 Å². The number of methoxy groups -OCH3 is 1. The monoisotopic (exact) mass is 447 g/mol. The fourth-order valence-electron chi connectivity index (χ4n) is 2.45. The average molecular weight is 447 g/mol. The van der Waals surface area contributed by atoms with Gasteiger partial charge in [-0.2, -0.15) is 0 Å². The van der Waals surface area contributed by atoms with Crippen molar-refractivity contribution in [3.63, 3.8) is 0 Å². The summed E-state index contributed by atoms with van der Waals surface area (Å²) in [4.78, 5) is 12.0. The summed E-state index contributed by atoms with van der Waals surface area (Å²) in [6.07, 6.45) is 0. The van der Waals surface area contributed by atoms with Crippen molar-refractivity contribution in [2.24, 2.45) is 0 Å². The molecule has 0 atom stereocenters. The molecule has 0 spiro atoms. The van der Waals surface area contributed by atoms with Crippen LogP contribution in [0.1, 0.15) is 5.82 Å². The van der Waals surface area contributed by atoms with E-state index in [2.05, 4.69) is 15.5 Å². The normalized spacial score (nSPS) is 10.5. The molecule has 0 saturated heterocycles. The van der Waals surface area contributed by atoms with Crippen LogP contribution in [0, 0.1) is 5.82 Å². The molecule has 11 heteroatoms. The summed E-state index contributed by atoms with van der Waals surface area (Å²) in [6.45, 7) is 0.695. The van der Waals surface area contributed by atoms with Gasteiger partial charge in [-0.15, -0.1) is 10.2 Å². The third kappa shape index (κ3) is 6.51. The molecule has 0 aliphatic heterocycles. The average Bonchev–Trinajstić information content (AvgIpc) is 3.14. The third-order valence-corrected chi connectivity index (χ3v) is 4.94. The van der Waals surface area contributed by atoms with Gasteiger partial charge >= 0.3 is 0 Å². The minimum absolute atomic E-state index is 0.0577. The van der Waals surface area contributed by atoms with Gasteiger partial charge in [0.05, 0.1) is 19.4 Å². The van der Waals surface area contributed by atoms with E-state index in [0.29, 0.717) is 41.4 Å². The van der Waals surface area contributed by atoms with Gasteiger partial charge in [-0.05, 0) is 36.4 Å². The summed E-state index contributed by atoms with van der Waals surface area (Å²) in [5.74, 6) is 7.62. The van der Waals surface area contributed by atoms with Gasteiger partial charge in [0.1, 0.15) is 24.8 Å². The third-order valence-electron chi connectivity index (χ3n) is 4.00. The maximum Gasteiger partial charge on any atom is 0.230 e. The highest BCUT2D eigenvalue weighted by Gasteiger charge is 2.13. The smallest absolute Gasteiger partial charge is 0.230 e. The molecule has 0 bridgehead atoms. The maximum absolute atomic E-state index is 12.9. The zero-order valence-electron chi connectivity index (χ0n) is 16.8. The number of halogens is 1. The van der Waals surface area contributed by atoms with Crippen LogP contribution in [-0.2, 0) is 11.4 Å². The molecule has 3 N–H and O–H groups in total. The van der Waals surface area contributed by atoms with Crippen LogP contribution in [-0.4, -0.2) is 46.8 Å². The number of nitrogens with two attached hydrogens (primary N) is 1. The van der Waals surface area contributed by atoms with Crippen LogP contribution in [0.15, 0.2) is 53.7 Å². The largest absolute Gasteiger partial charge is 0.493 e. The first kappa shape index (κ1) is 22.2. The Morgan fingerprint density at radius 2 is 1.87 bits per heavy atom. The number of ether oxygens (including phenoxy) is 3. The number of benzene rings is 2. The van der Waals surface area contributed by atoms with E-state index in [-0.39, 0.29) is 24.1 Å². The highest BCUT2D eigenvalue weighted by Crippen LogP contribution is 2.25. The van der Waals surface area contributed by atoms with Gasteiger partial charge in [0.25, 0.3) is 0 Å². The Kier molecular flexibility index (Phi) is 7.93. The maximum atomic E-state index is 12.9. The van der Waals surface area contributed by atoms with E-state index in [1.807, 2.05) is 12.1 Å². The van der Waals surface area contributed by atoms with Gasteiger partial charge < -0.3 is 25.4 Å². The number of rotatable bonds is 11. The van der Waals surface area contributed by atoms with Crippen LogP contribution in [0.2, 0.25) is 0 Å². The molecule has 0 fully saturated rings. The molecule has 0 saturated carbocycles. The molecule has 3 aromatic rings. The van der Waals surface area contributed by atoms with Crippen LogP contribution < -0.4 is 25.4 Å². The quantitative estimate of drug-likeness (QED) is 0.261. The Balaban J connectivity index is 1.38. The fourth-order valence-corrected chi connectivity index (χ4v) is 3.16. The van der Waals surface area contributed by atoms with Crippen LogP contribution in [0.5, 0.6) is 17.2 Å². The highest BCUT2D eigenvalue weighted by molar-refractivity contribution is 7.99. The second kappa shape index (κ2) is 11.1. The number of nitrogen functional groups attached to an aromatic ring is 1. The number of carbonyl (C=O) groups is 1. The number of carbonyl (C=O) groups excluding carboxylic acids is 1. The Hall–Kier alpha value is -3.47. The number of nitrogens with zero attached hydrogens (tertiary/aromatic N) is 3. The molecule has 1 amide bonds. The molecule has 0 aliphatic carbocycles. The lowest BCUT2D eigenvalue weighted by Crippen LogP contribution is -2.29. The molecular formula is C20H22FN5O4S. The summed E-state index contributed by atoms with van der Waals surface area (Å²) in [7, 11) is 1.57. The SMILES string of the molecule is COc1ccccc1OCCNC(=O)CSc1nnc(COc2ccc(F)cc2)n1N. The summed E-state index contributed by atoms with van der Waals surface area (Å²) in [6, 6.07) is 12.9. The number of hydrogen-bond acceptors (Lipinski definition) is 8. The fraction of sp³-hybridized carbons (Fsp3) is 0.250. The van der Waals surface area contributed by atoms with E-state index in [0.717, 1.165) is 11.8 Å². The van der Waals surface area contributed by atoms with Gasteiger partial charge in [-0.3, -0.25) is 4.79 Å². The molecule has 0 unspecified atom stereocenters. The summed E-state index contributed by atoms with van der Waals surface area (Å²) < 4.78 is 30.5. The molecule has 1 aromatic heterocycles. The summed E-state index contributed by atoms with van der Waals surface area (Å²) in [5, 5.41) is 11.0. The summed E-state index contributed by atoms with van der Waals surface area (Å²) in [5.41, 5.74) is 0. The van der Waals surface area contributed by atoms with E-state index in [4.69, 9.17) is 20.1 Å². The second-order valence-corrected chi connectivity index (χ2v) is 7.09. The number of thioether (sulfide) groups is 1. The minimum Gasteiger partial charge on any atom is -0.493 e. The first-order valence-corrected chi connectivity index (χ1v) is 10.3. The molecule has 31 heavy (non-hydrogen) atoms. The van der Waals surface area contributed by atoms with Crippen molar-refractivity contribution in [3.05, 3.63) is 60.2 Å². The molecule has 1 heterocycles. The first-order chi connectivity index (χ1) is 15.1. The van der Waals surface area contributed by atoms with Crippen molar-refractivity contribution in [3.8, 4) is 17.2 Å². The Labute approximate surface area is 182 Å². The molecule has 2 aromatic carbocycles. The number of amides is 1. The van der Waals surface area contributed by atoms with E-state index >= 15 is 0 Å². The molecule has 9 nitrogen and oxygen atoms in total. The predicted octanol–water partition coefficient (Wildman–Crippen LogP) is 2.01. The zero-order chi connectivity index (χ0) is 22.1. The Bertz CT molecular complexity index is 999. The van der Waals surface area contributed by atoms with Crippen molar-refractivity contribution in [1.29, 1.82) is 0 Å². The van der Waals surface area contributed by atoms with Crippen molar-refractivity contribution in [2.75, 3.05) is 31.9 Å². The predicted molar refractivity (Wildman–Crippen MR) is 113 cm³/mol. The van der Waals surface area contributed by atoms with Gasteiger partial charge in [-0.1, -0.05) is 23.9 Å². The Morgan fingerprint density at radius 3 is 2.61 bits per heavy atom. The van der Waals surface area contributed by atoms with Crippen molar-refractivity contribution in [2.45, 2.75) is 11.8 Å². The lowest BCUT2D eigenvalue weighted by Gasteiger charge is -2.10. The van der Waals surface area contributed by atoms with Gasteiger partial charge in [0.2, 0.25) is 11.1 Å². The number of nitrogens with one attached hydrogen (secondary N) is 1. The minimum atomic E-state index is -0.349. The number of hydrogen-bond donors (Lipinski definition) is 2. The number of aromatic nitrogens is 3. The zero-order valence-corrected chi connectivity index (χ0v) is 17.6. The van der Waals surface area contributed by atoms with E-state index < -0.39 is 0 Å². The molecule has 3 rings (SSSR count). The van der Waals surface area contributed by atoms with Crippen molar-refractivity contribution in [1.82, 2.24) is 20.2 Å². The molecule has 0 aliphatic rings. The van der Waals surface area contributed by atoms with Crippen molar-refractivity contribution >= 4 is 17.7 Å².